The number of nitriles is 1. The predicted octanol–water partition coefficient (Wildman–Crippen LogP) is 12.5. The summed E-state index contributed by atoms with van der Waals surface area (Å²) in [6, 6.07) is 24.5. The van der Waals surface area contributed by atoms with Crippen LogP contribution >= 0.6 is 22.6 Å². The summed E-state index contributed by atoms with van der Waals surface area (Å²) in [5.41, 5.74) is 20.0. The fraction of sp³-hybridized carbons (Fsp3) is 0.188. The fourth-order valence-corrected chi connectivity index (χ4v) is 7.26. The molecular weight excluding hydrogens is 759 g/mol. The van der Waals surface area contributed by atoms with Gasteiger partial charge in [0.25, 0.3) is 0 Å². The third-order valence-corrected chi connectivity index (χ3v) is 10.4. The Bertz CT molecular complexity index is 2270. The summed E-state index contributed by atoms with van der Waals surface area (Å²) in [6.45, 7) is 6.10. The van der Waals surface area contributed by atoms with Crippen molar-refractivity contribution >= 4 is 51.0 Å². The number of benzene rings is 3. The van der Waals surface area contributed by atoms with Gasteiger partial charge >= 0.3 is 0 Å². The van der Waals surface area contributed by atoms with Gasteiger partial charge in [-0.1, -0.05) is 150 Å². The van der Waals surface area contributed by atoms with E-state index >= 15 is 0 Å². The first-order valence-electron chi connectivity index (χ1n) is 18.3. The number of nitrogens with zero attached hydrogens (tertiary/aromatic N) is 3. The van der Waals surface area contributed by atoms with Crippen LogP contribution in [0.3, 0.4) is 0 Å². The normalized spacial score (nSPS) is 17.6. The molecule has 0 fully saturated rings. The van der Waals surface area contributed by atoms with Gasteiger partial charge < -0.3 is 5.73 Å². The van der Waals surface area contributed by atoms with Crippen molar-refractivity contribution in [1.82, 2.24) is 0 Å². The van der Waals surface area contributed by atoms with Crippen LogP contribution in [0.5, 0.6) is 0 Å². The molecule has 0 bridgehead atoms. The average molecular weight is 805 g/mol. The van der Waals surface area contributed by atoms with E-state index in [-0.39, 0.29) is 0 Å². The van der Waals surface area contributed by atoms with Crippen molar-refractivity contribution < 1.29 is 0 Å². The second kappa shape index (κ2) is 18.6. The van der Waals surface area contributed by atoms with Gasteiger partial charge in [-0.25, -0.2) is 9.98 Å². The van der Waals surface area contributed by atoms with Crippen LogP contribution in [0.1, 0.15) is 56.1 Å². The maximum atomic E-state index is 8.94. The molecule has 1 unspecified atom stereocenters. The molecule has 0 heterocycles. The zero-order valence-corrected chi connectivity index (χ0v) is 32.5. The first-order chi connectivity index (χ1) is 25.9. The quantitative estimate of drug-likeness (QED) is 0.0907. The maximum Gasteiger partial charge on any atom is 0.156 e. The molecule has 0 radical (unpaired) electrons. The molecule has 6 rings (SSSR count). The van der Waals surface area contributed by atoms with Crippen molar-refractivity contribution in [3.63, 3.8) is 0 Å². The number of fused-ring (bicyclic) bond motifs is 1. The van der Waals surface area contributed by atoms with Gasteiger partial charge in [-0.05, 0) is 123 Å². The summed E-state index contributed by atoms with van der Waals surface area (Å²) in [6.07, 6.45) is 30.0. The van der Waals surface area contributed by atoms with Gasteiger partial charge in [0, 0.05) is 11.8 Å². The molecule has 3 aliphatic carbocycles. The highest BCUT2D eigenvalue weighted by Gasteiger charge is 2.21. The van der Waals surface area contributed by atoms with Crippen LogP contribution < -0.4 is 5.73 Å². The highest BCUT2D eigenvalue weighted by molar-refractivity contribution is 14.1. The molecule has 0 amide bonds. The number of aliphatic imine (C=N–C) groups is 2. The lowest BCUT2D eigenvalue weighted by atomic mass is 9.81. The van der Waals surface area contributed by atoms with E-state index in [2.05, 4.69) is 133 Å². The molecule has 0 saturated carbocycles. The van der Waals surface area contributed by atoms with Crippen molar-refractivity contribution in [1.29, 1.82) is 5.26 Å². The van der Waals surface area contributed by atoms with E-state index in [0.29, 0.717) is 12.3 Å². The van der Waals surface area contributed by atoms with E-state index < -0.39 is 6.17 Å². The largest absolute Gasteiger partial charge is 0.306 e. The van der Waals surface area contributed by atoms with Crippen LogP contribution in [0.15, 0.2) is 182 Å². The molecule has 3 aliphatic rings. The standard InChI is InChI=1S/C48H45IN4/c1-3-10-37(17-16-35(32-49)12-7-8-26-50)48(52-33-36-13-5-4-6-14-36)53-47(51)46-25-24-44-30-43(22-23-45(44)31-46)42-21-20-40-28-39(18-19-41(40)29-42)38-15-9-11-34(2)27-38/h3,5,7,9-21,27-33,47H,1,4,6,8,22-25,51H2,2H3/b12-7-,17-16+,35-32+,37-10+,52-33+,53-48-. The Morgan fingerprint density at radius 2 is 1.70 bits per heavy atom. The number of hydrogen-bond acceptors (Lipinski definition) is 3. The van der Waals surface area contributed by atoms with Gasteiger partial charge in [-0.2, -0.15) is 5.26 Å². The zero-order chi connectivity index (χ0) is 37.0. The molecule has 0 aliphatic heterocycles. The van der Waals surface area contributed by atoms with Crippen molar-refractivity contribution in [3.8, 4) is 17.2 Å². The number of aryl methyl sites for hydroxylation is 1. The number of halogens is 1. The van der Waals surface area contributed by atoms with E-state index in [1.54, 1.807) is 6.08 Å². The van der Waals surface area contributed by atoms with Gasteiger partial charge in [0.15, 0.2) is 5.84 Å². The molecule has 1 atom stereocenters. The Balaban J connectivity index is 1.25. The Hall–Kier alpha value is -5.16. The summed E-state index contributed by atoms with van der Waals surface area (Å²) >= 11 is 2.21. The van der Waals surface area contributed by atoms with Crippen LogP contribution in [0, 0.1) is 18.3 Å². The van der Waals surface area contributed by atoms with Crippen LogP contribution in [-0.4, -0.2) is 18.2 Å². The smallest absolute Gasteiger partial charge is 0.156 e. The number of amidine groups is 1. The van der Waals surface area contributed by atoms with Crippen molar-refractivity contribution in [3.05, 3.63) is 183 Å². The second-order valence-electron chi connectivity index (χ2n) is 13.5. The maximum absolute atomic E-state index is 8.94. The monoisotopic (exact) mass is 804 g/mol. The first kappa shape index (κ1) is 37.6. The number of hydrogen-bond donors (Lipinski definition) is 1. The fourth-order valence-electron chi connectivity index (χ4n) is 6.84. The molecule has 264 valence electrons. The third kappa shape index (κ3) is 10.0. The summed E-state index contributed by atoms with van der Waals surface area (Å²) in [5, 5.41) is 11.5. The van der Waals surface area contributed by atoms with Gasteiger partial charge in [0.2, 0.25) is 0 Å². The lowest BCUT2D eigenvalue weighted by Gasteiger charge is -2.25. The molecule has 3 aromatic rings. The van der Waals surface area contributed by atoms with Crippen LogP contribution in [0.4, 0.5) is 0 Å². The Morgan fingerprint density at radius 3 is 2.45 bits per heavy atom. The molecule has 2 N–H and O–H groups in total. The number of allylic oxidation sites excluding steroid dienone is 15. The zero-order valence-electron chi connectivity index (χ0n) is 30.3. The minimum Gasteiger partial charge on any atom is -0.306 e. The lowest BCUT2D eigenvalue weighted by molar-refractivity contribution is 0.731. The molecule has 4 nitrogen and oxygen atoms in total. The van der Waals surface area contributed by atoms with E-state index in [1.165, 1.54) is 49.7 Å². The Labute approximate surface area is 328 Å². The van der Waals surface area contributed by atoms with E-state index in [4.69, 9.17) is 21.0 Å². The molecule has 5 heteroatoms. The van der Waals surface area contributed by atoms with Crippen molar-refractivity contribution in [2.24, 2.45) is 15.7 Å². The van der Waals surface area contributed by atoms with E-state index in [1.807, 2.05) is 40.7 Å². The van der Waals surface area contributed by atoms with E-state index in [0.717, 1.165) is 60.8 Å². The number of nitrogens with two attached hydrogens (primary N) is 1. The summed E-state index contributed by atoms with van der Waals surface area (Å²) in [5.74, 6) is 0.552. The molecular formula is C48H45IN4. The minimum atomic E-state index is -0.528. The predicted molar refractivity (Wildman–Crippen MR) is 235 cm³/mol. The first-order valence-corrected chi connectivity index (χ1v) is 19.5. The molecule has 3 aromatic carbocycles. The van der Waals surface area contributed by atoms with Crippen molar-refractivity contribution in [2.45, 2.75) is 58.0 Å². The highest BCUT2D eigenvalue weighted by atomic mass is 127. The van der Waals surface area contributed by atoms with E-state index in [9.17, 15) is 0 Å². The minimum absolute atomic E-state index is 0.357. The SMILES string of the molecule is C=C/C=C(\C=C\C(\C=C/CC#N)=C\I)C(=N/C(N)C1=CC2=C(C=C(c3ccc4cc(-c5cccc(C)c5)ccc4c3)CC2)CC1)/N=C/C1=CCCC=C1. The second-order valence-corrected chi connectivity index (χ2v) is 14.1. The molecule has 0 saturated heterocycles. The third-order valence-electron chi connectivity index (χ3n) is 9.69. The van der Waals surface area contributed by atoms with Crippen LogP contribution in [0.2, 0.25) is 0 Å². The van der Waals surface area contributed by atoms with Crippen molar-refractivity contribution in [2.75, 3.05) is 0 Å². The van der Waals surface area contributed by atoms with Gasteiger partial charge in [-0.3, -0.25) is 0 Å². The summed E-state index contributed by atoms with van der Waals surface area (Å²) < 4.78 is 1.97. The Morgan fingerprint density at radius 1 is 0.925 bits per heavy atom. The van der Waals surface area contributed by atoms with Crippen LogP contribution in [0.25, 0.3) is 27.5 Å². The lowest BCUT2D eigenvalue weighted by Crippen LogP contribution is -2.24. The highest BCUT2D eigenvalue weighted by Crippen LogP contribution is 2.38. The number of rotatable bonds is 11. The van der Waals surface area contributed by atoms with Gasteiger partial charge in [0.1, 0.15) is 6.17 Å². The summed E-state index contributed by atoms with van der Waals surface area (Å²) in [7, 11) is 0. The molecule has 0 spiro atoms. The van der Waals surface area contributed by atoms with Gasteiger partial charge in [-0.15, -0.1) is 0 Å². The Kier molecular flexibility index (Phi) is 13.2. The van der Waals surface area contributed by atoms with Crippen LogP contribution in [-0.2, 0) is 0 Å². The molecule has 53 heavy (non-hydrogen) atoms. The summed E-state index contributed by atoms with van der Waals surface area (Å²) in [4.78, 5) is 9.91. The van der Waals surface area contributed by atoms with Gasteiger partial charge in [0.05, 0.1) is 12.5 Å². The molecule has 0 aromatic heterocycles. The topological polar surface area (TPSA) is 74.5 Å². The average Bonchev–Trinajstić information content (AvgIpc) is 3.19.